The summed E-state index contributed by atoms with van der Waals surface area (Å²) in [5, 5.41) is 0.638. The van der Waals surface area contributed by atoms with Crippen molar-refractivity contribution in [2.45, 2.75) is 0 Å². The van der Waals surface area contributed by atoms with E-state index >= 15 is 0 Å². The van der Waals surface area contributed by atoms with Crippen molar-refractivity contribution in [3.63, 3.8) is 0 Å². The molecule has 5 heteroatoms. The van der Waals surface area contributed by atoms with E-state index in [-0.39, 0.29) is 5.82 Å². The Kier molecular flexibility index (Phi) is 3.10. The van der Waals surface area contributed by atoms with Crippen LogP contribution in [0.4, 0.5) is 0 Å². The van der Waals surface area contributed by atoms with Gasteiger partial charge in [0.25, 0.3) is 0 Å². The van der Waals surface area contributed by atoms with Crippen molar-refractivity contribution in [1.29, 1.82) is 0 Å². The number of hydrogen-bond donors (Lipinski definition) is 1. The van der Waals surface area contributed by atoms with Gasteiger partial charge in [-0.3, -0.25) is 0 Å². The van der Waals surface area contributed by atoms with Crippen LogP contribution in [0.1, 0.15) is 10.6 Å². The maximum atomic E-state index is 10.9. The van der Waals surface area contributed by atoms with E-state index in [0.717, 1.165) is 0 Å². The van der Waals surface area contributed by atoms with Gasteiger partial charge >= 0.3 is 5.97 Å². The van der Waals surface area contributed by atoms with Crippen molar-refractivity contribution >= 4 is 21.9 Å². The minimum Gasteiger partial charge on any atom is -0.459 e. The first kappa shape index (κ1) is 8.26. The van der Waals surface area contributed by atoms with Crippen LogP contribution >= 0.6 is 15.9 Å². The van der Waals surface area contributed by atoms with Crippen LogP contribution in [0.15, 0.2) is 12.4 Å². The minimum atomic E-state index is -0.422. The molecule has 0 saturated heterocycles. The number of hydrogen-bond acceptors (Lipinski definition) is 3. The predicted octanol–water partition coefficient (Wildman–Crippen LogP) is 0.961. The van der Waals surface area contributed by atoms with E-state index in [1.54, 1.807) is 6.20 Å². The van der Waals surface area contributed by atoms with Crippen LogP contribution in [0.3, 0.4) is 0 Å². The summed E-state index contributed by atoms with van der Waals surface area (Å²) in [6.07, 6.45) is 3.08. The van der Waals surface area contributed by atoms with E-state index in [1.165, 1.54) is 6.20 Å². The smallest absolute Gasteiger partial charge is 0.374 e. The Bertz CT molecular complexity index is 222. The average molecular weight is 219 g/mol. The van der Waals surface area contributed by atoms with Gasteiger partial charge in [0.05, 0.1) is 0 Å². The number of nitrogens with one attached hydrogen (secondary N) is 1. The Morgan fingerprint density at radius 3 is 3.18 bits per heavy atom. The second kappa shape index (κ2) is 4.12. The molecule has 0 aromatic carbocycles. The molecule has 0 radical (unpaired) electrons. The first-order chi connectivity index (χ1) is 5.34. The molecular weight excluding hydrogens is 212 g/mol. The lowest BCUT2D eigenvalue weighted by atomic mass is 10.6. The SMILES string of the molecule is O=C(OCCBr)c1ncc[nH]1. The molecule has 0 spiro atoms. The van der Waals surface area contributed by atoms with E-state index in [0.29, 0.717) is 11.9 Å². The molecule has 1 N–H and O–H groups in total. The summed E-state index contributed by atoms with van der Waals surface area (Å²) in [6, 6.07) is 0. The molecule has 0 bridgehead atoms. The highest BCUT2D eigenvalue weighted by Crippen LogP contribution is 1.93. The lowest BCUT2D eigenvalue weighted by molar-refractivity contribution is 0.0518. The normalized spacial score (nSPS) is 9.55. The number of imidazole rings is 1. The van der Waals surface area contributed by atoms with Crippen LogP contribution in [-0.4, -0.2) is 27.9 Å². The highest BCUT2D eigenvalue weighted by molar-refractivity contribution is 9.09. The highest BCUT2D eigenvalue weighted by atomic mass is 79.9. The molecule has 1 aromatic rings. The first-order valence-corrected chi connectivity index (χ1v) is 4.19. The van der Waals surface area contributed by atoms with E-state index in [4.69, 9.17) is 4.74 Å². The molecule has 60 valence electrons. The van der Waals surface area contributed by atoms with Crippen molar-refractivity contribution in [2.75, 3.05) is 11.9 Å². The molecule has 1 aromatic heterocycles. The Morgan fingerprint density at radius 2 is 2.64 bits per heavy atom. The second-order valence-electron chi connectivity index (χ2n) is 1.76. The molecule has 1 rings (SSSR count). The molecular formula is C6H7BrN2O2. The quantitative estimate of drug-likeness (QED) is 0.608. The van der Waals surface area contributed by atoms with Crippen LogP contribution < -0.4 is 0 Å². The van der Waals surface area contributed by atoms with Gasteiger partial charge in [-0.05, 0) is 0 Å². The third-order valence-electron chi connectivity index (χ3n) is 1.00. The van der Waals surface area contributed by atoms with Crippen molar-refractivity contribution in [3.8, 4) is 0 Å². The maximum absolute atomic E-state index is 10.9. The Balaban J connectivity index is 2.43. The number of halogens is 1. The molecule has 0 aliphatic heterocycles. The largest absolute Gasteiger partial charge is 0.459 e. The van der Waals surface area contributed by atoms with Crippen LogP contribution in [0, 0.1) is 0 Å². The summed E-state index contributed by atoms with van der Waals surface area (Å²) in [6.45, 7) is 0.361. The molecule has 1 heterocycles. The maximum Gasteiger partial charge on any atom is 0.374 e. The number of aromatic amines is 1. The van der Waals surface area contributed by atoms with Crippen LogP contribution in [0.25, 0.3) is 0 Å². The van der Waals surface area contributed by atoms with Gasteiger partial charge in [0.15, 0.2) is 0 Å². The highest BCUT2D eigenvalue weighted by Gasteiger charge is 2.07. The van der Waals surface area contributed by atoms with Gasteiger partial charge in [-0.15, -0.1) is 0 Å². The van der Waals surface area contributed by atoms with Gasteiger partial charge in [0, 0.05) is 17.7 Å². The number of esters is 1. The fourth-order valence-corrected chi connectivity index (χ4v) is 0.738. The fourth-order valence-electron chi connectivity index (χ4n) is 0.577. The Morgan fingerprint density at radius 1 is 1.82 bits per heavy atom. The number of nitrogens with zero attached hydrogens (tertiary/aromatic N) is 1. The van der Waals surface area contributed by atoms with Crippen molar-refractivity contribution in [2.24, 2.45) is 0 Å². The lowest BCUT2D eigenvalue weighted by Crippen LogP contribution is -2.08. The lowest BCUT2D eigenvalue weighted by Gasteiger charge is -1.97. The third kappa shape index (κ3) is 2.34. The first-order valence-electron chi connectivity index (χ1n) is 3.07. The predicted molar refractivity (Wildman–Crippen MR) is 42.7 cm³/mol. The molecule has 0 saturated carbocycles. The summed E-state index contributed by atoms with van der Waals surface area (Å²) < 4.78 is 4.76. The van der Waals surface area contributed by atoms with Gasteiger partial charge in [-0.1, -0.05) is 15.9 Å². The Hall–Kier alpha value is -0.840. The summed E-state index contributed by atoms with van der Waals surface area (Å²) in [4.78, 5) is 17.3. The molecule has 0 amide bonds. The molecule has 0 unspecified atom stereocenters. The third-order valence-corrected chi connectivity index (χ3v) is 1.33. The molecule has 0 aliphatic rings. The number of ether oxygens (including phenoxy) is 1. The van der Waals surface area contributed by atoms with E-state index in [2.05, 4.69) is 25.9 Å². The van der Waals surface area contributed by atoms with Gasteiger partial charge in [0.2, 0.25) is 5.82 Å². The summed E-state index contributed by atoms with van der Waals surface area (Å²) in [5.74, 6) is -0.180. The zero-order valence-corrected chi connectivity index (χ0v) is 7.30. The van der Waals surface area contributed by atoms with E-state index in [9.17, 15) is 4.79 Å². The second-order valence-corrected chi connectivity index (χ2v) is 2.56. The van der Waals surface area contributed by atoms with Crippen molar-refractivity contribution < 1.29 is 9.53 Å². The number of rotatable bonds is 3. The van der Waals surface area contributed by atoms with Crippen LogP contribution in [0.2, 0.25) is 0 Å². The topological polar surface area (TPSA) is 55.0 Å². The van der Waals surface area contributed by atoms with Gasteiger partial charge in [0.1, 0.15) is 6.61 Å². The molecule has 4 nitrogen and oxygen atoms in total. The van der Waals surface area contributed by atoms with E-state index < -0.39 is 5.97 Å². The van der Waals surface area contributed by atoms with Crippen LogP contribution in [0.5, 0.6) is 0 Å². The number of carbonyl (C=O) groups excluding carboxylic acids is 1. The number of carbonyl (C=O) groups is 1. The molecule has 0 atom stereocenters. The van der Waals surface area contributed by atoms with Crippen molar-refractivity contribution in [3.05, 3.63) is 18.2 Å². The number of H-pyrrole nitrogens is 1. The summed E-state index contributed by atoms with van der Waals surface area (Å²) in [7, 11) is 0. The molecule has 0 fully saturated rings. The average Bonchev–Trinajstić information content (AvgIpc) is 2.52. The van der Waals surface area contributed by atoms with Gasteiger partial charge in [-0.25, -0.2) is 9.78 Å². The fraction of sp³-hybridized carbons (Fsp3) is 0.333. The summed E-state index contributed by atoms with van der Waals surface area (Å²) in [5.41, 5.74) is 0. The molecule has 11 heavy (non-hydrogen) atoms. The standard InChI is InChI=1S/C6H7BrN2O2/c7-1-4-11-6(10)5-8-2-3-9-5/h2-3H,1,4H2,(H,8,9). The van der Waals surface area contributed by atoms with Gasteiger partial charge in [-0.2, -0.15) is 0 Å². The minimum absolute atomic E-state index is 0.242. The van der Waals surface area contributed by atoms with Gasteiger partial charge < -0.3 is 9.72 Å². The molecule has 0 aliphatic carbocycles. The zero-order chi connectivity index (χ0) is 8.10. The van der Waals surface area contributed by atoms with Crippen molar-refractivity contribution in [1.82, 2.24) is 9.97 Å². The monoisotopic (exact) mass is 218 g/mol. The van der Waals surface area contributed by atoms with E-state index in [1.807, 2.05) is 0 Å². The summed E-state index contributed by atoms with van der Waals surface area (Å²) >= 11 is 3.13. The Labute approximate surface area is 72.1 Å². The number of aromatic nitrogens is 2. The zero-order valence-electron chi connectivity index (χ0n) is 5.71. The number of alkyl halides is 1. The van der Waals surface area contributed by atoms with Crippen LogP contribution in [-0.2, 0) is 4.74 Å².